The first-order valence-electron chi connectivity index (χ1n) is 5.52. The van der Waals surface area contributed by atoms with Gasteiger partial charge in [-0.3, -0.25) is 10.3 Å². The van der Waals surface area contributed by atoms with Crippen molar-refractivity contribution in [3.63, 3.8) is 0 Å². The van der Waals surface area contributed by atoms with Gasteiger partial charge in [-0.05, 0) is 19.4 Å². The van der Waals surface area contributed by atoms with E-state index in [0.717, 1.165) is 26.1 Å². The van der Waals surface area contributed by atoms with Gasteiger partial charge in [-0.1, -0.05) is 13.8 Å². The van der Waals surface area contributed by atoms with E-state index >= 15 is 0 Å². The lowest BCUT2D eigenvalue weighted by molar-refractivity contribution is 0.108. The molecule has 1 fully saturated rings. The number of rotatable bonds is 3. The molecule has 1 heterocycles. The van der Waals surface area contributed by atoms with Gasteiger partial charge in [0.25, 0.3) is 0 Å². The summed E-state index contributed by atoms with van der Waals surface area (Å²) < 4.78 is 0. The Kier molecular flexibility index (Phi) is 4.20. The van der Waals surface area contributed by atoms with E-state index in [1.807, 2.05) is 4.90 Å². The largest absolute Gasteiger partial charge is 0.370 e. The Labute approximate surface area is 86.6 Å². The molecule has 1 rings (SSSR count). The van der Waals surface area contributed by atoms with Gasteiger partial charge in [0.05, 0.1) is 0 Å². The minimum atomic E-state index is 0.222. The van der Waals surface area contributed by atoms with Crippen LogP contribution in [0.2, 0.25) is 0 Å². The van der Waals surface area contributed by atoms with Gasteiger partial charge in [0.2, 0.25) is 0 Å². The monoisotopic (exact) mass is 198 g/mol. The highest BCUT2D eigenvalue weighted by atomic mass is 15.3. The molecule has 1 saturated heterocycles. The molecule has 1 aliphatic rings. The maximum absolute atomic E-state index is 7.41. The van der Waals surface area contributed by atoms with E-state index in [1.165, 1.54) is 13.0 Å². The van der Waals surface area contributed by atoms with Crippen LogP contribution in [0.3, 0.4) is 0 Å². The zero-order valence-electron chi connectivity index (χ0n) is 9.29. The van der Waals surface area contributed by atoms with Crippen LogP contribution in [0, 0.1) is 5.41 Å². The van der Waals surface area contributed by atoms with Crippen LogP contribution in [0.25, 0.3) is 0 Å². The zero-order chi connectivity index (χ0) is 10.6. The number of nitrogens with zero attached hydrogens (tertiary/aromatic N) is 2. The van der Waals surface area contributed by atoms with Crippen molar-refractivity contribution >= 4 is 5.96 Å². The molecule has 0 aromatic heterocycles. The molecule has 4 nitrogen and oxygen atoms in total. The smallest absolute Gasteiger partial charge is 0.188 e. The van der Waals surface area contributed by atoms with E-state index in [1.54, 1.807) is 0 Å². The topological polar surface area (TPSA) is 56.4 Å². The summed E-state index contributed by atoms with van der Waals surface area (Å²) in [6, 6.07) is 0.576. The Balaban J connectivity index is 2.50. The van der Waals surface area contributed by atoms with Crippen LogP contribution in [-0.4, -0.2) is 48.0 Å². The average molecular weight is 198 g/mol. The summed E-state index contributed by atoms with van der Waals surface area (Å²) >= 11 is 0. The predicted octanol–water partition coefficient (Wildman–Crippen LogP) is 0.686. The standard InChI is InChI=1S/C10H22N4/c1-3-5-13-6-7-14(10(11)12)8-9(13)4-2/h9H,3-8H2,1-2H3,(H3,11,12). The molecule has 0 saturated carbocycles. The van der Waals surface area contributed by atoms with Gasteiger partial charge in [-0.2, -0.15) is 0 Å². The third kappa shape index (κ3) is 2.61. The van der Waals surface area contributed by atoms with Crippen LogP contribution in [-0.2, 0) is 0 Å². The van der Waals surface area contributed by atoms with Crippen molar-refractivity contribution in [1.29, 1.82) is 5.41 Å². The highest BCUT2D eigenvalue weighted by Crippen LogP contribution is 2.12. The molecule has 4 heteroatoms. The van der Waals surface area contributed by atoms with E-state index in [0.29, 0.717) is 6.04 Å². The molecule has 0 aromatic carbocycles. The molecular weight excluding hydrogens is 176 g/mol. The van der Waals surface area contributed by atoms with Gasteiger partial charge in [-0.25, -0.2) is 0 Å². The minimum Gasteiger partial charge on any atom is -0.370 e. The molecule has 0 bridgehead atoms. The normalized spacial score (nSPS) is 23.9. The molecular formula is C10H22N4. The molecule has 82 valence electrons. The second-order valence-corrected chi connectivity index (χ2v) is 3.93. The summed E-state index contributed by atoms with van der Waals surface area (Å²) in [6.45, 7) is 8.47. The van der Waals surface area contributed by atoms with Crippen LogP contribution >= 0.6 is 0 Å². The molecule has 3 N–H and O–H groups in total. The molecule has 0 aliphatic carbocycles. The lowest BCUT2D eigenvalue weighted by Gasteiger charge is -2.41. The minimum absolute atomic E-state index is 0.222. The summed E-state index contributed by atoms with van der Waals surface area (Å²) in [5, 5.41) is 7.41. The number of guanidine groups is 1. The molecule has 0 amide bonds. The fraction of sp³-hybridized carbons (Fsp3) is 0.900. The summed E-state index contributed by atoms with van der Waals surface area (Å²) in [4.78, 5) is 4.49. The Bertz CT molecular complexity index is 193. The average Bonchev–Trinajstić information content (AvgIpc) is 2.18. The van der Waals surface area contributed by atoms with Gasteiger partial charge in [0.15, 0.2) is 5.96 Å². The first-order valence-corrected chi connectivity index (χ1v) is 5.52. The molecule has 1 unspecified atom stereocenters. The molecule has 1 aliphatic heterocycles. The lowest BCUT2D eigenvalue weighted by Crippen LogP contribution is -2.56. The lowest BCUT2D eigenvalue weighted by atomic mass is 10.1. The first kappa shape index (κ1) is 11.3. The third-order valence-electron chi connectivity index (χ3n) is 2.93. The SMILES string of the molecule is CCCN1CCN(C(=N)N)CC1CC. The second kappa shape index (κ2) is 5.20. The number of nitrogens with two attached hydrogens (primary N) is 1. The second-order valence-electron chi connectivity index (χ2n) is 3.93. The van der Waals surface area contributed by atoms with Crippen molar-refractivity contribution in [3.8, 4) is 0 Å². The van der Waals surface area contributed by atoms with Crippen LogP contribution < -0.4 is 5.73 Å². The first-order chi connectivity index (χ1) is 6.69. The van der Waals surface area contributed by atoms with Crippen molar-refractivity contribution in [3.05, 3.63) is 0 Å². The predicted molar refractivity (Wildman–Crippen MR) is 59.4 cm³/mol. The van der Waals surface area contributed by atoms with Gasteiger partial charge in [0.1, 0.15) is 0 Å². The Morgan fingerprint density at radius 2 is 2.14 bits per heavy atom. The summed E-state index contributed by atoms with van der Waals surface area (Å²) in [5.41, 5.74) is 5.49. The number of nitrogens with one attached hydrogen (secondary N) is 1. The van der Waals surface area contributed by atoms with E-state index in [-0.39, 0.29) is 5.96 Å². The number of hydrogen-bond donors (Lipinski definition) is 2. The maximum Gasteiger partial charge on any atom is 0.188 e. The Morgan fingerprint density at radius 3 is 2.64 bits per heavy atom. The zero-order valence-corrected chi connectivity index (χ0v) is 9.29. The third-order valence-corrected chi connectivity index (χ3v) is 2.93. The van der Waals surface area contributed by atoms with Gasteiger partial charge in [0, 0.05) is 25.7 Å². The van der Waals surface area contributed by atoms with Crippen molar-refractivity contribution in [1.82, 2.24) is 9.80 Å². The van der Waals surface area contributed by atoms with E-state index in [4.69, 9.17) is 11.1 Å². The summed E-state index contributed by atoms with van der Waals surface area (Å²) in [6.07, 6.45) is 2.35. The maximum atomic E-state index is 7.41. The van der Waals surface area contributed by atoms with Crippen molar-refractivity contribution in [2.75, 3.05) is 26.2 Å². The highest BCUT2D eigenvalue weighted by molar-refractivity contribution is 5.74. The molecule has 14 heavy (non-hydrogen) atoms. The van der Waals surface area contributed by atoms with Gasteiger partial charge < -0.3 is 10.6 Å². The van der Waals surface area contributed by atoms with Crippen LogP contribution in [0.4, 0.5) is 0 Å². The quantitative estimate of drug-likeness (QED) is 0.518. The molecule has 1 atom stereocenters. The summed E-state index contributed by atoms with van der Waals surface area (Å²) in [7, 11) is 0. The van der Waals surface area contributed by atoms with Crippen LogP contribution in [0.1, 0.15) is 26.7 Å². The van der Waals surface area contributed by atoms with Gasteiger partial charge in [-0.15, -0.1) is 0 Å². The van der Waals surface area contributed by atoms with Gasteiger partial charge >= 0.3 is 0 Å². The molecule has 0 spiro atoms. The van der Waals surface area contributed by atoms with Crippen LogP contribution in [0.15, 0.2) is 0 Å². The van der Waals surface area contributed by atoms with E-state index in [9.17, 15) is 0 Å². The van der Waals surface area contributed by atoms with E-state index in [2.05, 4.69) is 18.7 Å². The highest BCUT2D eigenvalue weighted by Gasteiger charge is 2.25. The fourth-order valence-electron chi connectivity index (χ4n) is 2.08. The van der Waals surface area contributed by atoms with Crippen LogP contribution in [0.5, 0.6) is 0 Å². The Hall–Kier alpha value is -0.770. The number of piperazine rings is 1. The van der Waals surface area contributed by atoms with Crippen molar-refractivity contribution in [2.24, 2.45) is 5.73 Å². The van der Waals surface area contributed by atoms with Crippen molar-refractivity contribution in [2.45, 2.75) is 32.7 Å². The number of hydrogen-bond acceptors (Lipinski definition) is 2. The summed E-state index contributed by atoms with van der Waals surface area (Å²) in [5.74, 6) is 0.222. The molecule has 0 radical (unpaired) electrons. The van der Waals surface area contributed by atoms with E-state index < -0.39 is 0 Å². The van der Waals surface area contributed by atoms with Crippen molar-refractivity contribution < 1.29 is 0 Å². The fourth-order valence-corrected chi connectivity index (χ4v) is 2.08. The molecule has 0 aromatic rings. The Morgan fingerprint density at radius 1 is 1.43 bits per heavy atom.